The Morgan fingerprint density at radius 2 is 1.79 bits per heavy atom. The molecular weight excluding hydrogens is 482 g/mol. The summed E-state index contributed by atoms with van der Waals surface area (Å²) in [6, 6.07) is 23.5. The summed E-state index contributed by atoms with van der Waals surface area (Å²) in [6.07, 6.45) is 4.30. The highest BCUT2D eigenvalue weighted by Gasteiger charge is 2.16. The summed E-state index contributed by atoms with van der Waals surface area (Å²) in [6.45, 7) is 4.07. The maximum Gasteiger partial charge on any atom is 0.245 e. The normalized spacial score (nSPS) is 12.1. The molecule has 1 heterocycles. The van der Waals surface area contributed by atoms with Gasteiger partial charge in [-0.25, -0.2) is 0 Å². The van der Waals surface area contributed by atoms with E-state index in [0.29, 0.717) is 19.7 Å². The summed E-state index contributed by atoms with van der Waals surface area (Å²) in [7, 11) is 7.69. The van der Waals surface area contributed by atoms with Gasteiger partial charge < -0.3 is 15.0 Å². The Labute approximate surface area is 233 Å². The lowest BCUT2D eigenvalue weighted by molar-refractivity contribution is -0.123. The van der Waals surface area contributed by atoms with Crippen LogP contribution in [0.25, 0.3) is 22.0 Å². The molecular formula is C31H36B2N4O2. The van der Waals surface area contributed by atoms with Gasteiger partial charge in [0.15, 0.2) is 7.85 Å². The van der Waals surface area contributed by atoms with E-state index in [0.717, 1.165) is 34.2 Å². The molecule has 0 spiro atoms. The van der Waals surface area contributed by atoms with Gasteiger partial charge in [0.2, 0.25) is 5.91 Å². The Morgan fingerprint density at radius 3 is 2.51 bits per heavy atom. The first kappa shape index (κ1) is 28.0. The minimum Gasteiger partial charge on any atom is -0.492 e. The van der Waals surface area contributed by atoms with Crippen LogP contribution in [-0.2, 0) is 4.79 Å². The van der Waals surface area contributed by atoms with Gasteiger partial charge in [0.25, 0.3) is 0 Å². The fourth-order valence-corrected chi connectivity index (χ4v) is 4.68. The van der Waals surface area contributed by atoms with Crippen LogP contribution in [0.4, 0.5) is 0 Å². The third-order valence-electron chi connectivity index (χ3n) is 6.82. The molecule has 0 aliphatic rings. The third-order valence-corrected chi connectivity index (χ3v) is 6.82. The van der Waals surface area contributed by atoms with Gasteiger partial charge in [-0.15, -0.1) is 0 Å². The first-order chi connectivity index (χ1) is 18.9. The van der Waals surface area contributed by atoms with Gasteiger partial charge in [0, 0.05) is 44.2 Å². The maximum atomic E-state index is 11.6. The van der Waals surface area contributed by atoms with Gasteiger partial charge in [0.1, 0.15) is 20.2 Å². The van der Waals surface area contributed by atoms with Crippen molar-refractivity contribution in [1.82, 2.24) is 20.4 Å². The SMILES string of the molecule is Bc1ccccc1/C(CC)=C(\c1ccc(OCCNC/C=C/C(=O)N(C)C)cc1)c1ccc2[nH]nc(B)c2c1. The molecule has 0 radical (unpaired) electrons. The molecule has 2 N–H and O–H groups in total. The number of nitrogens with zero attached hydrogens (tertiary/aromatic N) is 2. The molecule has 0 atom stereocenters. The number of hydrogen-bond acceptors (Lipinski definition) is 4. The highest BCUT2D eigenvalue weighted by Crippen LogP contribution is 2.35. The fourth-order valence-electron chi connectivity index (χ4n) is 4.68. The number of ether oxygens (including phenoxy) is 1. The highest BCUT2D eigenvalue weighted by atomic mass is 16.5. The van der Waals surface area contributed by atoms with Crippen molar-refractivity contribution in [3.05, 3.63) is 95.6 Å². The predicted molar refractivity (Wildman–Crippen MR) is 168 cm³/mol. The van der Waals surface area contributed by atoms with Crippen LogP contribution in [0.3, 0.4) is 0 Å². The number of carbonyl (C=O) groups excluding carboxylic acids is 1. The number of fused-ring (bicyclic) bond motifs is 1. The zero-order valence-electron chi connectivity index (χ0n) is 23.5. The van der Waals surface area contributed by atoms with Crippen LogP contribution in [0.15, 0.2) is 78.9 Å². The topological polar surface area (TPSA) is 70.2 Å². The van der Waals surface area contributed by atoms with Crippen LogP contribution in [-0.4, -0.2) is 70.5 Å². The molecule has 0 unspecified atom stereocenters. The smallest absolute Gasteiger partial charge is 0.245 e. The minimum absolute atomic E-state index is 0.0185. The van der Waals surface area contributed by atoms with Crippen LogP contribution in [0, 0.1) is 0 Å². The van der Waals surface area contributed by atoms with E-state index in [-0.39, 0.29) is 5.91 Å². The van der Waals surface area contributed by atoms with Crippen molar-refractivity contribution in [3.8, 4) is 5.75 Å². The van der Waals surface area contributed by atoms with Crippen molar-refractivity contribution in [2.45, 2.75) is 13.3 Å². The van der Waals surface area contributed by atoms with Crippen molar-refractivity contribution in [1.29, 1.82) is 0 Å². The average Bonchev–Trinajstić information content (AvgIpc) is 3.31. The molecule has 0 aliphatic heterocycles. The lowest BCUT2D eigenvalue weighted by Crippen LogP contribution is -2.22. The number of rotatable bonds is 11. The molecule has 1 aromatic heterocycles. The summed E-state index contributed by atoms with van der Waals surface area (Å²) in [5.74, 6) is 0.809. The summed E-state index contributed by atoms with van der Waals surface area (Å²) in [4.78, 5) is 13.1. The van der Waals surface area contributed by atoms with E-state index in [1.165, 1.54) is 27.7 Å². The summed E-state index contributed by atoms with van der Waals surface area (Å²) in [5.41, 5.74) is 9.43. The Kier molecular flexibility index (Phi) is 9.45. The zero-order valence-corrected chi connectivity index (χ0v) is 23.5. The van der Waals surface area contributed by atoms with Gasteiger partial charge in [-0.05, 0) is 58.5 Å². The van der Waals surface area contributed by atoms with Gasteiger partial charge in [-0.3, -0.25) is 9.89 Å². The predicted octanol–water partition coefficient (Wildman–Crippen LogP) is 2.06. The average molecular weight is 518 g/mol. The molecule has 4 aromatic rings. The number of nitrogens with one attached hydrogen (secondary N) is 2. The van der Waals surface area contributed by atoms with E-state index in [2.05, 4.69) is 84.9 Å². The molecule has 4 rings (SSSR count). The first-order valence-electron chi connectivity index (χ1n) is 13.4. The first-order valence-corrected chi connectivity index (χ1v) is 13.4. The van der Waals surface area contributed by atoms with Crippen molar-refractivity contribution < 1.29 is 9.53 Å². The van der Waals surface area contributed by atoms with Crippen molar-refractivity contribution in [3.63, 3.8) is 0 Å². The molecule has 0 fully saturated rings. The van der Waals surface area contributed by atoms with E-state index < -0.39 is 0 Å². The Bertz CT molecular complexity index is 1490. The molecule has 0 saturated heterocycles. The van der Waals surface area contributed by atoms with E-state index in [9.17, 15) is 4.79 Å². The number of benzene rings is 3. The van der Waals surface area contributed by atoms with Crippen LogP contribution in [0.1, 0.15) is 30.0 Å². The van der Waals surface area contributed by atoms with Crippen LogP contribution in [0.5, 0.6) is 5.75 Å². The molecule has 1 amide bonds. The van der Waals surface area contributed by atoms with Gasteiger partial charge >= 0.3 is 0 Å². The lowest BCUT2D eigenvalue weighted by Gasteiger charge is -2.18. The van der Waals surface area contributed by atoms with Crippen molar-refractivity contribution in [2.75, 3.05) is 33.8 Å². The number of aromatic amines is 1. The molecule has 39 heavy (non-hydrogen) atoms. The molecule has 6 nitrogen and oxygen atoms in total. The number of amides is 1. The molecule has 0 bridgehead atoms. The number of likely N-dealkylation sites (N-methyl/N-ethyl adjacent to an activating group) is 1. The van der Waals surface area contributed by atoms with E-state index in [4.69, 9.17) is 4.74 Å². The van der Waals surface area contributed by atoms with Crippen molar-refractivity contribution in [2.24, 2.45) is 0 Å². The number of aromatic nitrogens is 2. The second kappa shape index (κ2) is 13.2. The second-order valence-corrected chi connectivity index (χ2v) is 9.80. The van der Waals surface area contributed by atoms with E-state index in [1.54, 1.807) is 25.1 Å². The molecule has 3 aromatic carbocycles. The Hall–Kier alpha value is -4.03. The molecule has 198 valence electrons. The number of allylic oxidation sites excluding steroid dienone is 1. The summed E-state index contributed by atoms with van der Waals surface area (Å²) < 4.78 is 5.98. The summed E-state index contributed by atoms with van der Waals surface area (Å²) >= 11 is 0. The molecule has 0 aliphatic carbocycles. The van der Waals surface area contributed by atoms with E-state index in [1.807, 2.05) is 26.1 Å². The molecule has 8 heteroatoms. The standard InChI is InChI=1S/C31H36B2N4O2/c1-4-24(25-8-5-6-9-27(25)32)30(22-13-16-28-26(20-22)31(33)36-35-28)21-11-14-23(15-12-21)39-19-18-34-17-7-10-29(38)37(2)3/h5-16,20,34H,4,17-19,32-33H2,1-3H3,(H,35,36)/b10-7+,30-24+. The van der Waals surface area contributed by atoms with Crippen LogP contribution >= 0.6 is 0 Å². The van der Waals surface area contributed by atoms with Crippen molar-refractivity contribution >= 4 is 54.7 Å². The number of carbonyl (C=O) groups is 1. The number of hydrogen-bond donors (Lipinski definition) is 2. The molecule has 0 saturated carbocycles. The quantitative estimate of drug-likeness (QED) is 0.138. The minimum atomic E-state index is -0.0185. The second-order valence-electron chi connectivity index (χ2n) is 9.80. The number of H-pyrrole nitrogens is 1. The Balaban J connectivity index is 1.56. The summed E-state index contributed by atoms with van der Waals surface area (Å²) in [5, 5.41) is 11.9. The Morgan fingerprint density at radius 1 is 1.05 bits per heavy atom. The van der Waals surface area contributed by atoms with Gasteiger partial charge in [-0.1, -0.05) is 60.9 Å². The van der Waals surface area contributed by atoms with Crippen LogP contribution in [0.2, 0.25) is 0 Å². The largest absolute Gasteiger partial charge is 0.492 e. The van der Waals surface area contributed by atoms with Crippen LogP contribution < -0.4 is 21.1 Å². The lowest BCUT2D eigenvalue weighted by atomic mass is 9.81. The van der Waals surface area contributed by atoms with E-state index >= 15 is 0 Å². The third kappa shape index (κ3) is 6.89. The zero-order chi connectivity index (χ0) is 27.8. The fraction of sp³-hybridized carbons (Fsp3) is 0.226. The highest BCUT2D eigenvalue weighted by molar-refractivity contribution is 6.37. The maximum absolute atomic E-state index is 11.6. The van der Waals surface area contributed by atoms with Gasteiger partial charge in [-0.2, -0.15) is 5.10 Å². The van der Waals surface area contributed by atoms with Gasteiger partial charge in [0.05, 0.1) is 5.52 Å². The monoisotopic (exact) mass is 518 g/mol.